The number of halogens is 1. The largest absolute Gasteiger partial charge is 0.336 e. The zero-order valence-electron chi connectivity index (χ0n) is 13.4. The lowest BCUT2D eigenvalue weighted by Gasteiger charge is -2.24. The molecule has 23 heavy (non-hydrogen) atoms. The van der Waals surface area contributed by atoms with Gasteiger partial charge in [-0.1, -0.05) is 30.2 Å². The van der Waals surface area contributed by atoms with Gasteiger partial charge in [0.25, 0.3) is 0 Å². The van der Waals surface area contributed by atoms with E-state index in [1.54, 1.807) is 19.2 Å². The standard InChI is InChI=1S/C18H23ClN2O2/c1-21(11-17(22)20-16-5-3-2-4-15(16)19)18(23)10-14-9-12-6-7-13(14)8-12/h2-5,12-14H,6-11H2,1H3,(H,20,22)/t12-,13-,14+/m0/s1. The van der Waals surface area contributed by atoms with Crippen molar-refractivity contribution in [3.05, 3.63) is 29.3 Å². The highest BCUT2D eigenvalue weighted by Gasteiger charge is 2.40. The van der Waals surface area contributed by atoms with Crippen LogP contribution in [0.4, 0.5) is 5.69 Å². The summed E-state index contributed by atoms with van der Waals surface area (Å²) in [4.78, 5) is 26.0. The molecule has 0 spiro atoms. The van der Waals surface area contributed by atoms with Gasteiger partial charge < -0.3 is 10.2 Å². The van der Waals surface area contributed by atoms with Crippen LogP contribution >= 0.6 is 11.6 Å². The average molecular weight is 335 g/mol. The Morgan fingerprint density at radius 2 is 2.04 bits per heavy atom. The van der Waals surface area contributed by atoms with E-state index in [0.717, 1.165) is 11.8 Å². The molecule has 0 saturated heterocycles. The number of nitrogens with zero attached hydrogens (tertiary/aromatic N) is 1. The van der Waals surface area contributed by atoms with Gasteiger partial charge in [0.15, 0.2) is 0 Å². The van der Waals surface area contributed by atoms with Crippen molar-refractivity contribution < 1.29 is 9.59 Å². The maximum absolute atomic E-state index is 12.4. The highest BCUT2D eigenvalue weighted by Crippen LogP contribution is 2.49. The highest BCUT2D eigenvalue weighted by atomic mass is 35.5. The molecule has 2 aliphatic rings. The summed E-state index contributed by atoms with van der Waals surface area (Å²) < 4.78 is 0. The second-order valence-electron chi connectivity index (χ2n) is 6.92. The smallest absolute Gasteiger partial charge is 0.244 e. The Morgan fingerprint density at radius 1 is 1.26 bits per heavy atom. The number of carbonyl (C=O) groups is 2. The van der Waals surface area contributed by atoms with Gasteiger partial charge in [0.05, 0.1) is 17.3 Å². The van der Waals surface area contributed by atoms with E-state index < -0.39 is 0 Å². The predicted octanol–water partition coefficient (Wildman–Crippen LogP) is 3.56. The van der Waals surface area contributed by atoms with Crippen LogP contribution in [0.5, 0.6) is 0 Å². The lowest BCUT2D eigenvalue weighted by molar-refractivity contribution is -0.134. The number of rotatable bonds is 5. The second kappa shape index (κ2) is 6.91. The van der Waals surface area contributed by atoms with Gasteiger partial charge in [-0.2, -0.15) is 0 Å². The van der Waals surface area contributed by atoms with Gasteiger partial charge in [0.1, 0.15) is 0 Å². The Bertz CT molecular complexity index is 604. The molecular weight excluding hydrogens is 312 g/mol. The Hall–Kier alpha value is -1.55. The van der Waals surface area contributed by atoms with Crippen molar-refractivity contribution in [2.45, 2.75) is 32.1 Å². The van der Waals surface area contributed by atoms with Crippen molar-refractivity contribution in [3.8, 4) is 0 Å². The summed E-state index contributed by atoms with van der Waals surface area (Å²) in [6.45, 7) is 0.0604. The molecule has 0 aromatic heterocycles. The fraction of sp³-hybridized carbons (Fsp3) is 0.556. The summed E-state index contributed by atoms with van der Waals surface area (Å²) >= 11 is 6.02. The molecule has 1 N–H and O–H groups in total. The number of anilines is 1. The SMILES string of the molecule is CN(CC(=O)Nc1ccccc1Cl)C(=O)C[C@H]1C[C@H]2CC[C@H]1C2. The average Bonchev–Trinajstić information content (AvgIpc) is 3.12. The first kappa shape index (κ1) is 16.3. The molecule has 1 aromatic rings. The van der Waals surface area contributed by atoms with Gasteiger partial charge in [-0.15, -0.1) is 0 Å². The number of nitrogens with one attached hydrogen (secondary N) is 1. The molecule has 2 fully saturated rings. The van der Waals surface area contributed by atoms with Gasteiger partial charge in [-0.3, -0.25) is 9.59 Å². The van der Waals surface area contributed by atoms with Crippen LogP contribution in [0.15, 0.2) is 24.3 Å². The number of amides is 2. The molecule has 2 bridgehead atoms. The highest BCUT2D eigenvalue weighted by molar-refractivity contribution is 6.33. The summed E-state index contributed by atoms with van der Waals surface area (Å²) in [5.41, 5.74) is 0.577. The van der Waals surface area contributed by atoms with Gasteiger partial charge in [-0.05, 0) is 49.1 Å². The van der Waals surface area contributed by atoms with E-state index in [4.69, 9.17) is 11.6 Å². The molecule has 2 amide bonds. The van der Waals surface area contributed by atoms with Gasteiger partial charge in [0.2, 0.25) is 11.8 Å². The van der Waals surface area contributed by atoms with Crippen LogP contribution in [0.3, 0.4) is 0 Å². The number of benzene rings is 1. The van der Waals surface area contributed by atoms with Crippen LogP contribution in [-0.2, 0) is 9.59 Å². The first-order valence-corrected chi connectivity index (χ1v) is 8.69. The molecule has 3 rings (SSSR count). The summed E-state index contributed by atoms with van der Waals surface area (Å²) in [5.74, 6) is 1.94. The molecule has 4 nitrogen and oxygen atoms in total. The van der Waals surface area contributed by atoms with E-state index in [2.05, 4.69) is 5.32 Å². The van der Waals surface area contributed by atoms with Crippen LogP contribution in [0.1, 0.15) is 32.1 Å². The molecule has 0 radical (unpaired) electrons. The number of hydrogen-bond donors (Lipinski definition) is 1. The van der Waals surface area contributed by atoms with Gasteiger partial charge in [0, 0.05) is 13.5 Å². The summed E-state index contributed by atoms with van der Waals surface area (Å²) in [6, 6.07) is 7.09. The zero-order valence-corrected chi connectivity index (χ0v) is 14.2. The second-order valence-corrected chi connectivity index (χ2v) is 7.32. The van der Waals surface area contributed by atoms with Crippen molar-refractivity contribution in [1.29, 1.82) is 0 Å². The minimum atomic E-state index is -0.220. The topological polar surface area (TPSA) is 49.4 Å². The molecule has 1 aromatic carbocycles. The fourth-order valence-electron chi connectivity index (χ4n) is 4.06. The monoisotopic (exact) mass is 334 g/mol. The van der Waals surface area contributed by atoms with Crippen LogP contribution < -0.4 is 5.32 Å². The number of likely N-dealkylation sites (N-methyl/N-ethyl adjacent to an activating group) is 1. The summed E-state index contributed by atoms with van der Waals surface area (Å²) in [7, 11) is 1.70. The van der Waals surface area contributed by atoms with E-state index in [1.807, 2.05) is 12.1 Å². The van der Waals surface area contributed by atoms with E-state index >= 15 is 0 Å². The Balaban J connectivity index is 1.48. The van der Waals surface area contributed by atoms with Crippen LogP contribution in [0.2, 0.25) is 5.02 Å². The first-order valence-electron chi connectivity index (χ1n) is 8.31. The van der Waals surface area contributed by atoms with E-state index in [1.165, 1.54) is 30.6 Å². The van der Waals surface area contributed by atoms with Crippen molar-refractivity contribution in [2.75, 3.05) is 18.9 Å². The van der Waals surface area contributed by atoms with Crippen LogP contribution in [-0.4, -0.2) is 30.3 Å². The van der Waals surface area contributed by atoms with E-state index in [-0.39, 0.29) is 18.4 Å². The van der Waals surface area contributed by atoms with Gasteiger partial charge >= 0.3 is 0 Å². The molecule has 124 valence electrons. The maximum Gasteiger partial charge on any atom is 0.244 e. The molecule has 5 heteroatoms. The third kappa shape index (κ3) is 3.86. The maximum atomic E-state index is 12.4. The molecule has 3 atom stereocenters. The quantitative estimate of drug-likeness (QED) is 0.895. The number of fused-ring (bicyclic) bond motifs is 2. The number of carbonyl (C=O) groups excluding carboxylic acids is 2. The molecule has 2 saturated carbocycles. The molecule has 2 aliphatic carbocycles. The first-order chi connectivity index (χ1) is 11.0. The predicted molar refractivity (Wildman–Crippen MR) is 91.3 cm³/mol. The van der Waals surface area contributed by atoms with Crippen molar-refractivity contribution in [3.63, 3.8) is 0 Å². The van der Waals surface area contributed by atoms with Crippen LogP contribution in [0.25, 0.3) is 0 Å². The molecule has 0 aliphatic heterocycles. The normalized spacial score (nSPS) is 25.4. The Morgan fingerprint density at radius 3 is 2.70 bits per heavy atom. The molecular formula is C18H23ClN2O2. The molecule has 0 unspecified atom stereocenters. The lowest BCUT2D eigenvalue weighted by Crippen LogP contribution is -2.36. The van der Waals surface area contributed by atoms with Gasteiger partial charge in [-0.25, -0.2) is 0 Å². The van der Waals surface area contributed by atoms with Crippen LogP contribution in [0, 0.1) is 17.8 Å². The number of para-hydroxylation sites is 1. The molecule has 0 heterocycles. The van der Waals surface area contributed by atoms with Crippen molar-refractivity contribution in [2.24, 2.45) is 17.8 Å². The minimum Gasteiger partial charge on any atom is -0.336 e. The Labute approximate surface area is 142 Å². The zero-order chi connectivity index (χ0) is 16.4. The summed E-state index contributed by atoms with van der Waals surface area (Å²) in [5, 5.41) is 3.25. The van der Waals surface area contributed by atoms with Crippen molar-refractivity contribution in [1.82, 2.24) is 4.90 Å². The van der Waals surface area contributed by atoms with E-state index in [0.29, 0.717) is 23.0 Å². The third-order valence-corrected chi connectivity index (χ3v) is 5.61. The van der Waals surface area contributed by atoms with E-state index in [9.17, 15) is 9.59 Å². The third-order valence-electron chi connectivity index (χ3n) is 5.28. The van der Waals surface area contributed by atoms with Crippen molar-refractivity contribution >= 4 is 29.1 Å². The lowest BCUT2D eigenvalue weighted by atomic mass is 9.86. The fourth-order valence-corrected chi connectivity index (χ4v) is 4.25. The number of hydrogen-bond acceptors (Lipinski definition) is 2. The Kier molecular flexibility index (Phi) is 4.90. The minimum absolute atomic E-state index is 0.0604. The summed E-state index contributed by atoms with van der Waals surface area (Å²) in [6.07, 6.45) is 5.69.